The Morgan fingerprint density at radius 1 is 1.42 bits per heavy atom. The van der Waals surface area contributed by atoms with Crippen molar-refractivity contribution in [3.63, 3.8) is 0 Å². The molecule has 0 aliphatic carbocycles. The van der Waals surface area contributed by atoms with Crippen LogP contribution in [-0.4, -0.2) is 60.5 Å². The number of amides is 2. The first-order valence-electron chi connectivity index (χ1n) is 8.12. The molecule has 7 nitrogen and oxygen atoms in total. The molecule has 0 bridgehead atoms. The van der Waals surface area contributed by atoms with Gasteiger partial charge in [-0.3, -0.25) is 14.5 Å². The second-order valence-corrected chi connectivity index (χ2v) is 6.36. The number of ether oxygens (including phenoxy) is 1. The maximum atomic E-state index is 12.6. The molecule has 0 aromatic carbocycles. The summed E-state index contributed by atoms with van der Waals surface area (Å²) in [6.45, 7) is 2.54. The first-order valence-corrected chi connectivity index (χ1v) is 8.12. The Balaban J connectivity index is 0.00000169. The van der Waals surface area contributed by atoms with Crippen molar-refractivity contribution in [3.05, 3.63) is 18.3 Å². The number of pyridine rings is 1. The van der Waals surface area contributed by atoms with Crippen LogP contribution < -0.4 is 15.0 Å². The summed E-state index contributed by atoms with van der Waals surface area (Å²) in [7, 11) is 0. The number of hydrogen-bond donors (Lipinski definition) is 1. The Hall–Kier alpha value is -1.86. The monoisotopic (exact) mass is 352 g/mol. The molecule has 2 saturated heterocycles. The normalized spacial score (nSPS) is 25.4. The van der Waals surface area contributed by atoms with Gasteiger partial charge in [0.15, 0.2) is 18.2 Å². The molecule has 1 aromatic heterocycles. The highest BCUT2D eigenvalue weighted by atomic mass is 35.5. The Morgan fingerprint density at radius 2 is 2.29 bits per heavy atom. The number of carbonyl (C=O) groups is 2. The molecule has 0 spiro atoms. The fraction of sp³-hybridized carbons (Fsp3) is 0.562. The molecule has 2 atom stereocenters. The standard InChI is InChI=1S/C16H20N4O3.ClH/c21-14(19-7-11-3-1-5-17-12(11)8-19)9-20-15(22)10-23-13-4-2-6-18-16(13)20;/h2,4,6,11-12,17H,1,3,5,7-10H2;1H/t11-,12+;/m0./s1. The van der Waals surface area contributed by atoms with Crippen molar-refractivity contribution in [3.8, 4) is 5.75 Å². The van der Waals surface area contributed by atoms with Crippen LogP contribution in [0.3, 0.4) is 0 Å². The van der Waals surface area contributed by atoms with E-state index in [1.54, 1.807) is 18.3 Å². The number of hydrogen-bond acceptors (Lipinski definition) is 5. The first-order chi connectivity index (χ1) is 11.2. The Bertz CT molecular complexity index is 628. The minimum absolute atomic E-state index is 0. The highest BCUT2D eigenvalue weighted by molar-refractivity contribution is 6.01. The predicted octanol–water partition coefficient (Wildman–Crippen LogP) is 0.439. The van der Waals surface area contributed by atoms with Gasteiger partial charge >= 0.3 is 0 Å². The van der Waals surface area contributed by atoms with E-state index in [4.69, 9.17) is 4.74 Å². The Kier molecular flexibility index (Phi) is 4.91. The minimum Gasteiger partial charge on any atom is -0.480 e. The molecule has 24 heavy (non-hydrogen) atoms. The van der Waals surface area contributed by atoms with Gasteiger partial charge in [-0.25, -0.2) is 4.98 Å². The second-order valence-electron chi connectivity index (χ2n) is 6.36. The van der Waals surface area contributed by atoms with Crippen molar-refractivity contribution in [2.45, 2.75) is 18.9 Å². The molecule has 0 saturated carbocycles. The summed E-state index contributed by atoms with van der Waals surface area (Å²) in [4.78, 5) is 32.3. The third-order valence-electron chi connectivity index (χ3n) is 4.90. The van der Waals surface area contributed by atoms with E-state index in [1.165, 1.54) is 17.7 Å². The van der Waals surface area contributed by atoms with Crippen LogP contribution in [0.15, 0.2) is 18.3 Å². The number of rotatable bonds is 2. The summed E-state index contributed by atoms with van der Waals surface area (Å²) in [5.41, 5.74) is 0. The van der Waals surface area contributed by atoms with Crippen LogP contribution in [0.25, 0.3) is 0 Å². The lowest BCUT2D eigenvalue weighted by atomic mass is 9.94. The number of likely N-dealkylation sites (tertiary alicyclic amines) is 1. The van der Waals surface area contributed by atoms with E-state index in [0.717, 1.165) is 19.6 Å². The Morgan fingerprint density at radius 3 is 3.12 bits per heavy atom. The van der Waals surface area contributed by atoms with E-state index >= 15 is 0 Å². The van der Waals surface area contributed by atoms with Crippen molar-refractivity contribution in [1.29, 1.82) is 0 Å². The van der Waals surface area contributed by atoms with Gasteiger partial charge in [-0.2, -0.15) is 0 Å². The summed E-state index contributed by atoms with van der Waals surface area (Å²) in [6, 6.07) is 3.92. The van der Waals surface area contributed by atoms with E-state index in [0.29, 0.717) is 23.5 Å². The molecule has 3 aliphatic heterocycles. The van der Waals surface area contributed by atoms with Crippen LogP contribution in [0.5, 0.6) is 5.75 Å². The zero-order valence-corrected chi connectivity index (χ0v) is 14.1. The molecule has 2 amide bonds. The lowest BCUT2D eigenvalue weighted by Gasteiger charge is -2.29. The van der Waals surface area contributed by atoms with Crippen molar-refractivity contribution in [2.24, 2.45) is 5.92 Å². The van der Waals surface area contributed by atoms with Crippen LogP contribution in [-0.2, 0) is 9.59 Å². The van der Waals surface area contributed by atoms with Gasteiger partial charge in [-0.05, 0) is 37.4 Å². The van der Waals surface area contributed by atoms with E-state index in [-0.39, 0.29) is 37.4 Å². The summed E-state index contributed by atoms with van der Waals surface area (Å²) < 4.78 is 5.36. The summed E-state index contributed by atoms with van der Waals surface area (Å²) in [5, 5.41) is 3.49. The highest BCUT2D eigenvalue weighted by Gasteiger charge is 2.38. The zero-order chi connectivity index (χ0) is 15.8. The summed E-state index contributed by atoms with van der Waals surface area (Å²) in [5.74, 6) is 1.29. The number of anilines is 1. The van der Waals surface area contributed by atoms with Crippen LogP contribution in [0, 0.1) is 5.92 Å². The van der Waals surface area contributed by atoms with Crippen molar-refractivity contribution in [2.75, 3.05) is 37.7 Å². The van der Waals surface area contributed by atoms with Gasteiger partial charge < -0.3 is 15.0 Å². The van der Waals surface area contributed by atoms with Crippen molar-refractivity contribution in [1.82, 2.24) is 15.2 Å². The van der Waals surface area contributed by atoms with Gasteiger partial charge in [-0.15, -0.1) is 12.4 Å². The number of nitrogens with zero attached hydrogens (tertiary/aromatic N) is 3. The molecule has 0 radical (unpaired) electrons. The van der Waals surface area contributed by atoms with Gasteiger partial charge in [-0.1, -0.05) is 0 Å². The average molecular weight is 353 g/mol. The SMILES string of the molecule is Cl.O=C(CN1C(=O)COc2cccnc21)N1C[C@@H]2CCCN[C@@H]2C1. The van der Waals surface area contributed by atoms with Crippen LogP contribution in [0.2, 0.25) is 0 Å². The van der Waals surface area contributed by atoms with Crippen LogP contribution >= 0.6 is 12.4 Å². The molecular formula is C16H21ClN4O3. The molecule has 1 aromatic rings. The lowest BCUT2D eigenvalue weighted by Crippen LogP contribution is -2.47. The van der Waals surface area contributed by atoms with E-state index < -0.39 is 0 Å². The lowest BCUT2D eigenvalue weighted by molar-refractivity contribution is -0.131. The van der Waals surface area contributed by atoms with Crippen molar-refractivity contribution < 1.29 is 14.3 Å². The first kappa shape index (κ1) is 17.0. The number of nitrogens with one attached hydrogen (secondary N) is 1. The Labute approximate surface area is 146 Å². The molecular weight excluding hydrogens is 332 g/mol. The molecule has 4 heterocycles. The van der Waals surface area contributed by atoms with Gasteiger partial charge in [0.25, 0.3) is 5.91 Å². The number of carbonyl (C=O) groups excluding carboxylic acids is 2. The van der Waals surface area contributed by atoms with Gasteiger partial charge in [0, 0.05) is 25.3 Å². The molecule has 0 unspecified atom stereocenters. The topological polar surface area (TPSA) is 74.8 Å². The van der Waals surface area contributed by atoms with E-state index in [1.807, 2.05) is 4.90 Å². The predicted molar refractivity (Wildman–Crippen MR) is 90.4 cm³/mol. The van der Waals surface area contributed by atoms with E-state index in [9.17, 15) is 9.59 Å². The highest BCUT2D eigenvalue weighted by Crippen LogP contribution is 2.30. The maximum Gasteiger partial charge on any atom is 0.266 e. The number of fused-ring (bicyclic) bond motifs is 2. The fourth-order valence-corrected chi connectivity index (χ4v) is 3.68. The van der Waals surface area contributed by atoms with Gasteiger partial charge in [0.2, 0.25) is 5.91 Å². The molecule has 3 aliphatic rings. The van der Waals surface area contributed by atoms with Crippen LogP contribution in [0.1, 0.15) is 12.8 Å². The quantitative estimate of drug-likeness (QED) is 0.836. The van der Waals surface area contributed by atoms with Crippen molar-refractivity contribution >= 4 is 30.0 Å². The molecule has 1 N–H and O–H groups in total. The largest absolute Gasteiger partial charge is 0.480 e. The molecule has 2 fully saturated rings. The third kappa shape index (κ3) is 3.06. The minimum atomic E-state index is -0.223. The summed E-state index contributed by atoms with van der Waals surface area (Å²) >= 11 is 0. The average Bonchev–Trinajstić information content (AvgIpc) is 3.01. The summed E-state index contributed by atoms with van der Waals surface area (Å²) in [6.07, 6.45) is 3.94. The van der Waals surface area contributed by atoms with Gasteiger partial charge in [0.05, 0.1) is 0 Å². The second kappa shape index (κ2) is 6.94. The fourth-order valence-electron chi connectivity index (χ4n) is 3.68. The molecule has 8 heteroatoms. The zero-order valence-electron chi connectivity index (χ0n) is 13.3. The van der Waals surface area contributed by atoms with Crippen LogP contribution in [0.4, 0.5) is 5.82 Å². The van der Waals surface area contributed by atoms with E-state index in [2.05, 4.69) is 10.3 Å². The number of halogens is 1. The molecule has 130 valence electrons. The maximum absolute atomic E-state index is 12.6. The molecule has 4 rings (SSSR count). The number of aromatic nitrogens is 1. The van der Waals surface area contributed by atoms with Gasteiger partial charge in [0.1, 0.15) is 6.54 Å². The number of piperidine rings is 1. The third-order valence-corrected chi connectivity index (χ3v) is 4.90. The smallest absolute Gasteiger partial charge is 0.266 e.